The second-order valence-corrected chi connectivity index (χ2v) is 14.6. The summed E-state index contributed by atoms with van der Waals surface area (Å²) in [5.74, 6) is 3.62. The Bertz CT molecular complexity index is 1550. The number of nitrogens with one attached hydrogen (secondary N) is 3. The first-order valence-electron chi connectivity index (χ1n) is 16.7. The minimum Gasteiger partial charge on any atom is -0.493 e. The lowest BCUT2D eigenvalue weighted by atomic mass is 9.78. The molecule has 0 aliphatic carbocycles. The number of benzene rings is 2. The summed E-state index contributed by atoms with van der Waals surface area (Å²) in [6.07, 6.45) is 6.35. The van der Waals surface area contributed by atoms with Crippen molar-refractivity contribution >= 4 is 28.5 Å². The molecule has 1 aliphatic heterocycles. The number of H-pyrrole nitrogens is 1. The molecule has 2 heterocycles. The Morgan fingerprint density at radius 1 is 1.04 bits per heavy atom. The van der Waals surface area contributed by atoms with Crippen LogP contribution >= 0.6 is 0 Å². The molecule has 2 aromatic carbocycles. The highest BCUT2D eigenvalue weighted by atomic mass is 16.5. The summed E-state index contributed by atoms with van der Waals surface area (Å²) in [6, 6.07) is 10.2. The van der Waals surface area contributed by atoms with Crippen molar-refractivity contribution in [2.24, 2.45) is 5.73 Å². The molecule has 1 fully saturated rings. The van der Waals surface area contributed by atoms with E-state index in [0.717, 1.165) is 65.5 Å². The lowest BCUT2D eigenvalue weighted by Crippen LogP contribution is -2.44. The monoisotopic (exact) mass is 643 g/mol. The van der Waals surface area contributed by atoms with Crippen molar-refractivity contribution in [3.05, 3.63) is 41.5 Å². The van der Waals surface area contributed by atoms with E-state index < -0.39 is 6.04 Å². The molecule has 0 radical (unpaired) electrons. The lowest BCUT2D eigenvalue weighted by molar-refractivity contribution is -0.123. The molecular weight excluding hydrogens is 590 g/mol. The van der Waals surface area contributed by atoms with Crippen molar-refractivity contribution in [1.29, 1.82) is 0 Å². The fourth-order valence-corrected chi connectivity index (χ4v) is 5.69. The van der Waals surface area contributed by atoms with Gasteiger partial charge in [0, 0.05) is 61.5 Å². The minimum atomic E-state index is -0.722. The highest BCUT2D eigenvalue weighted by Gasteiger charge is 2.29. The van der Waals surface area contributed by atoms with Gasteiger partial charge in [-0.1, -0.05) is 47.5 Å². The van der Waals surface area contributed by atoms with Crippen LogP contribution in [0, 0.1) is 12.3 Å². The molecule has 0 spiro atoms. The van der Waals surface area contributed by atoms with E-state index in [4.69, 9.17) is 21.9 Å². The van der Waals surface area contributed by atoms with Gasteiger partial charge in [0.2, 0.25) is 11.8 Å². The highest BCUT2D eigenvalue weighted by molar-refractivity contribution is 5.84. The molecule has 0 saturated carbocycles. The summed E-state index contributed by atoms with van der Waals surface area (Å²) in [6.45, 7) is 18.1. The fraction of sp³-hybridized carbons (Fsp3) is 0.541. The van der Waals surface area contributed by atoms with Crippen molar-refractivity contribution in [1.82, 2.24) is 25.5 Å². The standard InChI is InChI=1S/C37H53N7O3/c1-9-15-40-35(46)29(38)14-16-39-32(45)11-10-21-47-33-27(36(2,3)4)22-25(23-28(33)37(5,6)7)34-41-30-13-12-26(24-31(30)42-34)44-19-17-43(8)18-20-44/h1,12-13,22-24,29H,10-11,14-21,38H2,2-8H3,(H,39,45)(H,40,46)(H,41,42)/t29-/m0/s1. The first kappa shape index (κ1) is 35.8. The van der Waals surface area contributed by atoms with E-state index in [2.05, 4.69) is 110 Å². The molecule has 1 saturated heterocycles. The molecule has 0 unspecified atom stereocenters. The highest BCUT2D eigenvalue weighted by Crippen LogP contribution is 2.43. The molecule has 3 aromatic rings. The summed E-state index contributed by atoms with van der Waals surface area (Å²) in [4.78, 5) is 37.8. The molecule has 254 valence electrons. The maximum atomic E-state index is 12.5. The van der Waals surface area contributed by atoms with E-state index in [9.17, 15) is 9.59 Å². The average molecular weight is 644 g/mol. The van der Waals surface area contributed by atoms with E-state index in [0.29, 0.717) is 32.4 Å². The Morgan fingerprint density at radius 3 is 2.32 bits per heavy atom. The number of terminal acetylenes is 1. The van der Waals surface area contributed by atoms with Gasteiger partial charge in [-0.2, -0.15) is 0 Å². The molecule has 1 atom stereocenters. The molecule has 1 aliphatic rings. The second kappa shape index (κ2) is 15.2. The van der Waals surface area contributed by atoms with Crippen LogP contribution in [0.1, 0.15) is 71.9 Å². The predicted octanol–water partition coefficient (Wildman–Crippen LogP) is 4.32. The molecule has 10 nitrogen and oxygen atoms in total. The molecular formula is C37H53N7O3. The zero-order valence-electron chi connectivity index (χ0n) is 29.3. The van der Waals surface area contributed by atoms with Gasteiger partial charge in [-0.25, -0.2) is 4.98 Å². The van der Waals surface area contributed by atoms with Crippen molar-refractivity contribution in [3.63, 3.8) is 0 Å². The number of nitrogens with zero attached hydrogens (tertiary/aromatic N) is 3. The largest absolute Gasteiger partial charge is 0.493 e. The molecule has 2 amide bonds. The lowest BCUT2D eigenvalue weighted by Gasteiger charge is -2.34. The maximum absolute atomic E-state index is 12.5. The molecule has 4 rings (SSSR count). The van der Waals surface area contributed by atoms with Gasteiger partial charge in [0.1, 0.15) is 11.6 Å². The third-order valence-corrected chi connectivity index (χ3v) is 8.59. The van der Waals surface area contributed by atoms with Gasteiger partial charge in [0.25, 0.3) is 0 Å². The number of hydrogen-bond acceptors (Lipinski definition) is 7. The van der Waals surface area contributed by atoms with Crippen LogP contribution in [0.15, 0.2) is 30.3 Å². The fourth-order valence-electron chi connectivity index (χ4n) is 5.69. The topological polar surface area (TPSA) is 129 Å². The Morgan fingerprint density at radius 2 is 1.70 bits per heavy atom. The second-order valence-electron chi connectivity index (χ2n) is 14.6. The number of rotatable bonds is 12. The number of carbonyl (C=O) groups excluding carboxylic acids is 2. The van der Waals surface area contributed by atoms with Crippen molar-refractivity contribution < 1.29 is 14.3 Å². The maximum Gasteiger partial charge on any atom is 0.237 e. The number of carbonyl (C=O) groups is 2. The van der Waals surface area contributed by atoms with Crippen LogP contribution in [0.25, 0.3) is 22.4 Å². The number of ether oxygens (including phenoxy) is 1. The van der Waals surface area contributed by atoms with E-state index >= 15 is 0 Å². The first-order valence-corrected chi connectivity index (χ1v) is 16.7. The summed E-state index contributed by atoms with van der Waals surface area (Å²) in [5, 5.41) is 5.40. The van der Waals surface area contributed by atoms with Crippen molar-refractivity contribution in [2.75, 3.05) is 57.8 Å². The Kier molecular flexibility index (Phi) is 11.6. The Hall–Kier alpha value is -4.07. The molecule has 1 aromatic heterocycles. The number of piperazine rings is 1. The van der Waals surface area contributed by atoms with Gasteiger partial charge < -0.3 is 35.9 Å². The number of aromatic nitrogens is 2. The third kappa shape index (κ3) is 9.49. The van der Waals surface area contributed by atoms with E-state index in [1.165, 1.54) is 5.69 Å². The first-order chi connectivity index (χ1) is 22.2. The Labute approximate surface area is 280 Å². The zero-order chi connectivity index (χ0) is 34.4. The summed E-state index contributed by atoms with van der Waals surface area (Å²) in [7, 11) is 2.17. The van der Waals surface area contributed by atoms with Crippen LogP contribution in [0.5, 0.6) is 5.75 Å². The number of aromatic amines is 1. The van der Waals surface area contributed by atoms with Crippen molar-refractivity contribution in [3.8, 4) is 29.5 Å². The number of likely N-dealkylation sites (N-methyl/N-ethyl adjacent to an activating group) is 1. The van der Waals surface area contributed by atoms with Crippen LogP contribution in [-0.4, -0.2) is 85.6 Å². The number of anilines is 1. The van der Waals surface area contributed by atoms with Crippen LogP contribution in [0.2, 0.25) is 0 Å². The molecule has 10 heteroatoms. The van der Waals surface area contributed by atoms with E-state index in [-0.39, 0.29) is 29.2 Å². The Balaban J connectivity index is 1.47. The van der Waals surface area contributed by atoms with Gasteiger partial charge >= 0.3 is 0 Å². The van der Waals surface area contributed by atoms with Gasteiger partial charge in [0.15, 0.2) is 0 Å². The molecule has 47 heavy (non-hydrogen) atoms. The number of hydrogen-bond donors (Lipinski definition) is 4. The summed E-state index contributed by atoms with van der Waals surface area (Å²) in [5.41, 5.74) is 11.9. The molecule has 0 bridgehead atoms. The van der Waals surface area contributed by atoms with Crippen molar-refractivity contribution in [2.45, 2.75) is 77.7 Å². The van der Waals surface area contributed by atoms with Crippen LogP contribution < -0.4 is 26.0 Å². The van der Waals surface area contributed by atoms with Crippen LogP contribution in [0.4, 0.5) is 5.69 Å². The normalized spacial score (nSPS) is 14.9. The summed E-state index contributed by atoms with van der Waals surface area (Å²) < 4.78 is 6.52. The quantitative estimate of drug-likeness (QED) is 0.171. The minimum absolute atomic E-state index is 0.104. The number of amides is 2. The molecule has 5 N–H and O–H groups in total. The van der Waals surface area contributed by atoms with Gasteiger partial charge in [-0.15, -0.1) is 6.42 Å². The van der Waals surface area contributed by atoms with E-state index in [1.807, 2.05) is 0 Å². The zero-order valence-corrected chi connectivity index (χ0v) is 29.3. The predicted molar refractivity (Wildman–Crippen MR) is 191 cm³/mol. The number of imidazole rings is 1. The SMILES string of the molecule is C#CCNC(=O)[C@@H](N)CCNC(=O)CCCOc1c(C(C)(C)C)cc(-c2nc3ccc(N4CCN(C)CC4)cc3[nH]2)cc1C(C)(C)C. The number of nitrogens with two attached hydrogens (primary N) is 1. The van der Waals surface area contributed by atoms with E-state index in [1.54, 1.807) is 0 Å². The average Bonchev–Trinajstić information content (AvgIpc) is 3.44. The van der Waals surface area contributed by atoms with Gasteiger partial charge in [-0.3, -0.25) is 9.59 Å². The summed E-state index contributed by atoms with van der Waals surface area (Å²) >= 11 is 0. The van der Waals surface area contributed by atoms with Crippen LogP contribution in [-0.2, 0) is 20.4 Å². The van der Waals surface area contributed by atoms with Gasteiger partial charge in [0.05, 0.1) is 30.2 Å². The number of fused-ring (bicyclic) bond motifs is 1. The van der Waals surface area contributed by atoms with Crippen LogP contribution in [0.3, 0.4) is 0 Å². The third-order valence-electron chi connectivity index (χ3n) is 8.59. The van der Waals surface area contributed by atoms with Gasteiger partial charge in [-0.05, 0) is 61.1 Å². The smallest absolute Gasteiger partial charge is 0.237 e.